The summed E-state index contributed by atoms with van der Waals surface area (Å²) in [5.41, 5.74) is -0.115. The number of likely N-dealkylation sites (tertiary alicyclic amines) is 1. The number of nitrogens with zero attached hydrogens (tertiary/aromatic N) is 3. The quantitative estimate of drug-likeness (QED) is 0.381. The summed E-state index contributed by atoms with van der Waals surface area (Å²) < 4.78 is 72.9. The number of halogens is 5. The van der Waals surface area contributed by atoms with E-state index in [0.29, 0.717) is 27.4 Å². The fraction of sp³-hybridized carbons (Fsp3) is 0.400. The lowest BCUT2D eigenvalue weighted by atomic mass is 9.88. The zero-order chi connectivity index (χ0) is 27.0. The summed E-state index contributed by atoms with van der Waals surface area (Å²) in [6.07, 6.45) is -4.25. The molecule has 1 aliphatic heterocycles. The number of anilines is 1. The lowest BCUT2D eigenvalue weighted by Crippen LogP contribution is -2.57. The standard InChI is InChI=1S/C25H25F5N4O2S/c1-14-10-24(26,27)13-34(19(14)12-32-20-9-6-17(11-31-20)25(28,29)30)23(35)21-22(37-15(2)33-21)16-4-7-18(36-3)8-5-16/h4-9,11,14,19H,10,12-13H2,1-3H3,(H,31,32). The predicted octanol–water partition coefficient (Wildman–Crippen LogP) is 6.14. The van der Waals surface area contributed by atoms with Crippen LogP contribution in [0.25, 0.3) is 10.4 Å². The molecule has 12 heteroatoms. The molecule has 3 aromatic rings. The number of alkyl halides is 5. The van der Waals surface area contributed by atoms with E-state index in [2.05, 4.69) is 15.3 Å². The number of benzene rings is 1. The summed E-state index contributed by atoms with van der Waals surface area (Å²) in [4.78, 5) is 23.5. The number of rotatable bonds is 6. The first-order valence-electron chi connectivity index (χ1n) is 11.5. The summed E-state index contributed by atoms with van der Waals surface area (Å²) >= 11 is 1.28. The maximum Gasteiger partial charge on any atom is 0.417 e. The molecule has 198 valence electrons. The Morgan fingerprint density at radius 3 is 2.51 bits per heavy atom. The van der Waals surface area contributed by atoms with Crippen molar-refractivity contribution in [1.29, 1.82) is 0 Å². The Kier molecular flexibility index (Phi) is 7.40. The predicted molar refractivity (Wildman–Crippen MR) is 130 cm³/mol. The second-order valence-electron chi connectivity index (χ2n) is 8.99. The number of carbonyl (C=O) groups excluding carboxylic acids is 1. The van der Waals surface area contributed by atoms with Crippen LogP contribution in [0.3, 0.4) is 0 Å². The van der Waals surface area contributed by atoms with Gasteiger partial charge in [0.25, 0.3) is 11.8 Å². The monoisotopic (exact) mass is 540 g/mol. The van der Waals surface area contributed by atoms with Crippen LogP contribution in [-0.2, 0) is 6.18 Å². The number of aromatic nitrogens is 2. The summed E-state index contributed by atoms with van der Waals surface area (Å²) in [5.74, 6) is -3.55. The van der Waals surface area contributed by atoms with Gasteiger partial charge in [0.05, 0.1) is 35.1 Å². The molecule has 2 aromatic heterocycles. The number of piperidine rings is 1. The first kappa shape index (κ1) is 26.8. The second-order valence-corrected chi connectivity index (χ2v) is 10.2. The van der Waals surface area contributed by atoms with E-state index in [0.717, 1.165) is 11.0 Å². The van der Waals surface area contributed by atoms with E-state index in [1.54, 1.807) is 38.1 Å². The molecule has 1 saturated heterocycles. The third-order valence-electron chi connectivity index (χ3n) is 6.21. The highest BCUT2D eigenvalue weighted by Crippen LogP contribution is 2.38. The van der Waals surface area contributed by atoms with Crippen LogP contribution < -0.4 is 10.1 Å². The van der Waals surface area contributed by atoms with Crippen LogP contribution in [0.15, 0.2) is 42.6 Å². The lowest BCUT2D eigenvalue weighted by Gasteiger charge is -2.43. The molecule has 6 nitrogen and oxygen atoms in total. The molecule has 1 amide bonds. The Bertz CT molecular complexity index is 1250. The molecule has 37 heavy (non-hydrogen) atoms. The Balaban J connectivity index is 1.60. The molecular weight excluding hydrogens is 515 g/mol. The van der Waals surface area contributed by atoms with Crippen molar-refractivity contribution in [2.75, 3.05) is 25.5 Å². The topological polar surface area (TPSA) is 67.3 Å². The van der Waals surface area contributed by atoms with Gasteiger partial charge < -0.3 is 15.0 Å². The number of thiazole rings is 1. The van der Waals surface area contributed by atoms with Gasteiger partial charge in [-0.3, -0.25) is 4.79 Å². The fourth-order valence-corrected chi connectivity index (χ4v) is 5.32. The van der Waals surface area contributed by atoms with E-state index in [4.69, 9.17) is 4.74 Å². The minimum atomic E-state index is -4.52. The largest absolute Gasteiger partial charge is 0.497 e. The van der Waals surface area contributed by atoms with Gasteiger partial charge >= 0.3 is 6.18 Å². The Labute approximate surface area is 214 Å². The van der Waals surface area contributed by atoms with Crippen LogP contribution >= 0.6 is 11.3 Å². The van der Waals surface area contributed by atoms with Gasteiger partial charge in [-0.25, -0.2) is 18.7 Å². The van der Waals surface area contributed by atoms with E-state index in [1.807, 2.05) is 0 Å². The summed E-state index contributed by atoms with van der Waals surface area (Å²) in [5, 5.41) is 3.51. The first-order valence-corrected chi connectivity index (χ1v) is 12.3. The van der Waals surface area contributed by atoms with E-state index >= 15 is 0 Å². The van der Waals surface area contributed by atoms with E-state index in [9.17, 15) is 26.7 Å². The van der Waals surface area contributed by atoms with Gasteiger partial charge in [0.2, 0.25) is 0 Å². The van der Waals surface area contributed by atoms with Crippen molar-refractivity contribution in [2.24, 2.45) is 5.92 Å². The van der Waals surface area contributed by atoms with Gasteiger partial charge in [-0.1, -0.05) is 6.92 Å². The first-order chi connectivity index (χ1) is 17.4. The Morgan fingerprint density at radius 1 is 1.22 bits per heavy atom. The minimum Gasteiger partial charge on any atom is -0.497 e. The number of hydrogen-bond donors (Lipinski definition) is 1. The number of hydrogen-bond acceptors (Lipinski definition) is 6. The van der Waals surface area contributed by atoms with E-state index in [1.165, 1.54) is 24.5 Å². The summed E-state index contributed by atoms with van der Waals surface area (Å²) in [7, 11) is 1.53. The number of pyridine rings is 1. The number of nitrogens with one attached hydrogen (secondary N) is 1. The molecule has 0 spiro atoms. The lowest BCUT2D eigenvalue weighted by molar-refractivity contribution is -0.137. The van der Waals surface area contributed by atoms with Crippen LogP contribution in [0.4, 0.5) is 27.8 Å². The fourth-order valence-electron chi connectivity index (χ4n) is 4.40. The Hall–Kier alpha value is -3.28. The average molecular weight is 541 g/mol. The molecule has 2 atom stereocenters. The Morgan fingerprint density at radius 2 is 1.92 bits per heavy atom. The minimum absolute atomic E-state index is 0.0301. The van der Waals surface area contributed by atoms with Gasteiger partial charge in [-0.05, 0) is 54.8 Å². The molecule has 4 rings (SSSR count). The van der Waals surface area contributed by atoms with Crippen molar-refractivity contribution >= 4 is 23.1 Å². The molecule has 0 bridgehead atoms. The van der Waals surface area contributed by atoms with Crippen molar-refractivity contribution in [1.82, 2.24) is 14.9 Å². The molecule has 1 aliphatic rings. The van der Waals surface area contributed by atoms with Crippen LogP contribution in [-0.4, -0.2) is 52.9 Å². The molecule has 1 fully saturated rings. The number of carbonyl (C=O) groups is 1. The number of amides is 1. The number of ether oxygens (including phenoxy) is 1. The highest BCUT2D eigenvalue weighted by Gasteiger charge is 2.46. The highest BCUT2D eigenvalue weighted by atomic mass is 32.1. The molecule has 0 saturated carbocycles. The molecule has 2 unspecified atom stereocenters. The van der Waals surface area contributed by atoms with E-state index < -0.39 is 48.5 Å². The van der Waals surface area contributed by atoms with Gasteiger partial charge in [-0.15, -0.1) is 11.3 Å². The van der Waals surface area contributed by atoms with Crippen LogP contribution in [0.2, 0.25) is 0 Å². The molecule has 1 N–H and O–H groups in total. The van der Waals surface area contributed by atoms with Crippen LogP contribution in [0.1, 0.15) is 34.4 Å². The van der Waals surface area contributed by atoms with Gasteiger partial charge in [-0.2, -0.15) is 13.2 Å². The maximum atomic E-state index is 14.6. The molecule has 3 heterocycles. The van der Waals surface area contributed by atoms with Gasteiger partial charge in [0.1, 0.15) is 17.3 Å². The summed E-state index contributed by atoms with van der Waals surface area (Å²) in [6, 6.07) is 8.40. The van der Waals surface area contributed by atoms with Gasteiger partial charge in [0, 0.05) is 19.2 Å². The normalized spacial score (nSPS) is 19.5. The molecule has 0 aliphatic carbocycles. The SMILES string of the molecule is COc1ccc(-c2sc(C)nc2C(=O)N2CC(F)(F)CC(C)C2CNc2ccc(C(F)(F)F)cn2)cc1. The van der Waals surface area contributed by atoms with Crippen molar-refractivity contribution in [2.45, 2.75) is 38.4 Å². The molecule has 0 radical (unpaired) electrons. The van der Waals surface area contributed by atoms with E-state index in [-0.39, 0.29) is 18.1 Å². The van der Waals surface area contributed by atoms with Crippen molar-refractivity contribution in [3.63, 3.8) is 0 Å². The second kappa shape index (κ2) is 10.2. The van der Waals surface area contributed by atoms with Crippen molar-refractivity contribution < 1.29 is 31.5 Å². The number of aryl methyl sites for hydroxylation is 1. The number of methoxy groups -OCH3 is 1. The average Bonchev–Trinajstić information content (AvgIpc) is 3.23. The maximum absolute atomic E-state index is 14.6. The zero-order valence-electron chi connectivity index (χ0n) is 20.3. The third-order valence-corrected chi connectivity index (χ3v) is 7.23. The van der Waals surface area contributed by atoms with Crippen LogP contribution in [0, 0.1) is 12.8 Å². The molecule has 1 aromatic carbocycles. The van der Waals surface area contributed by atoms with Gasteiger partial charge in [0.15, 0.2) is 0 Å². The summed E-state index contributed by atoms with van der Waals surface area (Å²) in [6.45, 7) is 2.59. The smallest absolute Gasteiger partial charge is 0.417 e. The van der Waals surface area contributed by atoms with Crippen molar-refractivity contribution in [3.05, 3.63) is 58.9 Å². The highest BCUT2D eigenvalue weighted by molar-refractivity contribution is 7.15. The van der Waals surface area contributed by atoms with Crippen molar-refractivity contribution in [3.8, 4) is 16.2 Å². The van der Waals surface area contributed by atoms with Crippen LogP contribution in [0.5, 0.6) is 5.75 Å². The third kappa shape index (κ3) is 6.00. The molecular formula is C25H25F5N4O2S. The zero-order valence-corrected chi connectivity index (χ0v) is 21.1.